The summed E-state index contributed by atoms with van der Waals surface area (Å²) in [7, 11) is 0. The number of rotatable bonds is 4. The fourth-order valence-electron chi connectivity index (χ4n) is 2.28. The quantitative estimate of drug-likeness (QED) is 0.668. The smallest absolute Gasteiger partial charge is 0.253 e. The average Bonchev–Trinajstić information content (AvgIpc) is 3.08. The van der Waals surface area contributed by atoms with E-state index in [0.29, 0.717) is 13.0 Å². The first-order chi connectivity index (χ1) is 10.7. The van der Waals surface area contributed by atoms with Crippen LogP contribution in [0.3, 0.4) is 0 Å². The molecule has 1 amide bonds. The van der Waals surface area contributed by atoms with Crippen molar-refractivity contribution in [3.63, 3.8) is 0 Å². The minimum Gasteiger partial charge on any atom is -0.313 e. The molecule has 0 aliphatic rings. The third-order valence-electron chi connectivity index (χ3n) is 3.28. The number of fused-ring (bicyclic) bond motifs is 1. The van der Waals surface area contributed by atoms with Crippen molar-refractivity contribution < 1.29 is 4.79 Å². The lowest BCUT2D eigenvalue weighted by atomic mass is 10.2. The van der Waals surface area contributed by atoms with Gasteiger partial charge in [-0.05, 0) is 36.1 Å². The van der Waals surface area contributed by atoms with Crippen molar-refractivity contribution in [1.82, 2.24) is 4.57 Å². The first-order valence-corrected chi connectivity index (χ1v) is 8.68. The van der Waals surface area contributed by atoms with Gasteiger partial charge in [0.05, 0.1) is 16.6 Å². The number of carbonyl (C=O) groups excluding carboxylic acids is 1. The van der Waals surface area contributed by atoms with Crippen LogP contribution in [0.25, 0.3) is 10.2 Å². The summed E-state index contributed by atoms with van der Waals surface area (Å²) in [5.41, 5.74) is 2.30. The van der Waals surface area contributed by atoms with Crippen molar-refractivity contribution in [2.24, 2.45) is 4.99 Å². The number of benzene rings is 1. The molecule has 5 heteroatoms. The van der Waals surface area contributed by atoms with E-state index in [1.807, 2.05) is 28.2 Å². The van der Waals surface area contributed by atoms with E-state index < -0.39 is 0 Å². The van der Waals surface area contributed by atoms with Gasteiger partial charge in [-0.2, -0.15) is 4.99 Å². The van der Waals surface area contributed by atoms with Gasteiger partial charge in [0.1, 0.15) is 0 Å². The predicted octanol–water partition coefficient (Wildman–Crippen LogP) is 3.93. The molecule has 3 rings (SSSR count). The SMILES string of the molecule is C=CCn1c(=NC(=O)Cc2cccs2)sc2cc(C)ccc21. The minimum atomic E-state index is -0.108. The zero-order chi connectivity index (χ0) is 15.5. The highest BCUT2D eigenvalue weighted by Crippen LogP contribution is 2.19. The summed E-state index contributed by atoms with van der Waals surface area (Å²) in [6, 6.07) is 10.2. The Morgan fingerprint density at radius 2 is 2.27 bits per heavy atom. The van der Waals surface area contributed by atoms with Crippen molar-refractivity contribution in [1.29, 1.82) is 0 Å². The number of amides is 1. The number of aromatic nitrogens is 1. The predicted molar refractivity (Wildman–Crippen MR) is 93.3 cm³/mol. The maximum absolute atomic E-state index is 12.2. The molecule has 3 nitrogen and oxygen atoms in total. The molecule has 3 aromatic rings. The molecule has 1 aromatic carbocycles. The molecule has 22 heavy (non-hydrogen) atoms. The third kappa shape index (κ3) is 3.10. The molecular weight excluding hydrogens is 312 g/mol. The van der Waals surface area contributed by atoms with Crippen LogP contribution in [-0.4, -0.2) is 10.5 Å². The molecule has 2 heterocycles. The van der Waals surface area contributed by atoms with Gasteiger partial charge in [-0.15, -0.1) is 17.9 Å². The van der Waals surface area contributed by atoms with Crippen molar-refractivity contribution in [2.45, 2.75) is 19.9 Å². The second-order valence-corrected chi connectivity index (χ2v) is 7.06. The molecule has 0 aliphatic heterocycles. The first kappa shape index (κ1) is 14.9. The Kier molecular flexibility index (Phi) is 4.36. The van der Waals surface area contributed by atoms with E-state index in [4.69, 9.17) is 0 Å². The highest BCUT2D eigenvalue weighted by Gasteiger charge is 2.08. The Labute approximate surface area is 136 Å². The number of thiazole rings is 1. The lowest BCUT2D eigenvalue weighted by Gasteiger charge is -2.01. The third-order valence-corrected chi connectivity index (χ3v) is 5.19. The van der Waals surface area contributed by atoms with Crippen LogP contribution in [0.1, 0.15) is 10.4 Å². The van der Waals surface area contributed by atoms with Crippen LogP contribution in [-0.2, 0) is 17.8 Å². The summed E-state index contributed by atoms with van der Waals surface area (Å²) in [4.78, 5) is 18.3. The van der Waals surface area contributed by atoms with E-state index in [2.05, 4.69) is 36.7 Å². The van der Waals surface area contributed by atoms with E-state index in [-0.39, 0.29) is 5.91 Å². The van der Waals surface area contributed by atoms with E-state index in [1.165, 1.54) is 5.56 Å². The molecule has 2 aromatic heterocycles. The summed E-state index contributed by atoms with van der Waals surface area (Å²) >= 11 is 3.13. The molecule has 0 N–H and O–H groups in total. The van der Waals surface area contributed by atoms with Gasteiger partial charge in [0, 0.05) is 11.4 Å². The molecule has 0 atom stereocenters. The fourth-order valence-corrected chi connectivity index (χ4v) is 4.13. The number of hydrogen-bond donors (Lipinski definition) is 0. The number of carbonyl (C=O) groups is 1. The van der Waals surface area contributed by atoms with Crippen molar-refractivity contribution in [2.75, 3.05) is 0 Å². The fraction of sp³-hybridized carbons (Fsp3) is 0.176. The number of allylic oxidation sites excluding steroid dienone is 1. The van der Waals surface area contributed by atoms with E-state index in [0.717, 1.165) is 19.9 Å². The second kappa shape index (κ2) is 6.42. The van der Waals surface area contributed by atoms with Gasteiger partial charge in [0.15, 0.2) is 4.80 Å². The maximum atomic E-state index is 12.2. The van der Waals surface area contributed by atoms with Gasteiger partial charge in [-0.3, -0.25) is 4.79 Å². The molecule has 0 aliphatic carbocycles. The van der Waals surface area contributed by atoms with Gasteiger partial charge in [0.2, 0.25) is 0 Å². The van der Waals surface area contributed by atoms with Crippen LogP contribution in [0.4, 0.5) is 0 Å². The highest BCUT2D eigenvalue weighted by molar-refractivity contribution is 7.16. The van der Waals surface area contributed by atoms with Crippen molar-refractivity contribution in [3.05, 3.63) is 63.6 Å². The highest BCUT2D eigenvalue weighted by atomic mass is 32.1. The zero-order valence-electron chi connectivity index (χ0n) is 12.3. The molecular formula is C17H16N2OS2. The molecule has 0 spiro atoms. The number of aryl methyl sites for hydroxylation is 1. The largest absolute Gasteiger partial charge is 0.313 e. The molecule has 0 bridgehead atoms. The Morgan fingerprint density at radius 3 is 3.00 bits per heavy atom. The maximum Gasteiger partial charge on any atom is 0.253 e. The van der Waals surface area contributed by atoms with Crippen LogP contribution in [0.15, 0.2) is 53.4 Å². The van der Waals surface area contributed by atoms with Gasteiger partial charge in [-0.1, -0.05) is 29.5 Å². The van der Waals surface area contributed by atoms with Crippen LogP contribution in [0, 0.1) is 6.92 Å². The topological polar surface area (TPSA) is 34.4 Å². The van der Waals surface area contributed by atoms with Gasteiger partial charge in [-0.25, -0.2) is 0 Å². The van der Waals surface area contributed by atoms with Gasteiger partial charge < -0.3 is 4.57 Å². The standard InChI is InChI=1S/C17H16N2OS2/c1-3-8-19-14-7-6-12(2)10-15(14)22-17(19)18-16(20)11-13-5-4-9-21-13/h3-7,9-10H,1,8,11H2,2H3. The molecule has 0 radical (unpaired) electrons. The number of thiophene rings is 1. The molecule has 0 fully saturated rings. The summed E-state index contributed by atoms with van der Waals surface area (Å²) < 4.78 is 3.18. The summed E-state index contributed by atoms with van der Waals surface area (Å²) in [5.74, 6) is -0.108. The summed E-state index contributed by atoms with van der Waals surface area (Å²) in [5, 5.41) is 1.97. The van der Waals surface area contributed by atoms with Crippen LogP contribution < -0.4 is 4.80 Å². The first-order valence-electron chi connectivity index (χ1n) is 6.98. The van der Waals surface area contributed by atoms with Gasteiger partial charge in [0.25, 0.3) is 5.91 Å². The Bertz CT molecular complexity index is 885. The van der Waals surface area contributed by atoms with Crippen LogP contribution in [0.5, 0.6) is 0 Å². The van der Waals surface area contributed by atoms with Crippen LogP contribution >= 0.6 is 22.7 Å². The monoisotopic (exact) mass is 328 g/mol. The Balaban J connectivity index is 2.04. The zero-order valence-corrected chi connectivity index (χ0v) is 13.9. The van der Waals surface area contributed by atoms with E-state index in [9.17, 15) is 4.79 Å². The molecule has 112 valence electrons. The number of hydrogen-bond acceptors (Lipinski definition) is 3. The summed E-state index contributed by atoms with van der Waals surface area (Å²) in [6.45, 7) is 6.51. The number of nitrogens with zero attached hydrogens (tertiary/aromatic N) is 2. The normalized spacial score (nSPS) is 12.0. The second-order valence-electron chi connectivity index (χ2n) is 5.02. The molecule has 0 saturated heterocycles. The molecule has 0 unspecified atom stereocenters. The Hall–Kier alpha value is -1.98. The van der Waals surface area contributed by atoms with Crippen molar-refractivity contribution >= 4 is 38.8 Å². The molecule has 0 saturated carbocycles. The van der Waals surface area contributed by atoms with Gasteiger partial charge >= 0.3 is 0 Å². The van der Waals surface area contributed by atoms with E-state index >= 15 is 0 Å². The lowest BCUT2D eigenvalue weighted by molar-refractivity contribution is -0.117. The average molecular weight is 328 g/mol. The summed E-state index contributed by atoms with van der Waals surface area (Å²) in [6.07, 6.45) is 2.19. The lowest BCUT2D eigenvalue weighted by Crippen LogP contribution is -2.16. The van der Waals surface area contributed by atoms with Crippen molar-refractivity contribution in [3.8, 4) is 0 Å². The minimum absolute atomic E-state index is 0.108. The van der Waals surface area contributed by atoms with E-state index in [1.54, 1.807) is 22.7 Å². The Morgan fingerprint density at radius 1 is 1.41 bits per heavy atom. The van der Waals surface area contributed by atoms with Crippen LogP contribution in [0.2, 0.25) is 0 Å².